The van der Waals surface area contributed by atoms with E-state index in [4.69, 9.17) is 9.90 Å². The lowest BCUT2D eigenvalue weighted by molar-refractivity contribution is -0.134. The van der Waals surface area contributed by atoms with E-state index in [1.165, 1.54) is 22.6 Å². The summed E-state index contributed by atoms with van der Waals surface area (Å²) in [6.07, 6.45) is 1.41. The molecule has 4 nitrogen and oxygen atoms in total. The molecule has 1 N–H and O–H groups in total. The largest absolute Gasteiger partial charge is 0.481 e. The molecule has 1 aliphatic heterocycles. The number of likely N-dealkylation sites (tertiary alicyclic amines) is 1. The van der Waals surface area contributed by atoms with Crippen molar-refractivity contribution >= 4 is 23.2 Å². The summed E-state index contributed by atoms with van der Waals surface area (Å²) in [5, 5.41) is 7.42. The number of aliphatic carboxylic acids is 1. The Kier molecular flexibility index (Phi) is 7.00. The van der Waals surface area contributed by atoms with Crippen molar-refractivity contribution in [3.05, 3.63) is 83.0 Å². The molecule has 6 heteroatoms. The Morgan fingerprint density at radius 1 is 1.10 bits per heavy atom. The fourth-order valence-corrected chi connectivity index (χ4v) is 4.77. The molecule has 0 aliphatic carbocycles. The molecule has 2 unspecified atom stereocenters. The molecule has 3 aromatic rings. The van der Waals surface area contributed by atoms with E-state index in [0.717, 1.165) is 23.8 Å². The number of thiophene rings is 1. The molecule has 1 saturated heterocycles. The van der Waals surface area contributed by atoms with Crippen LogP contribution in [-0.2, 0) is 16.0 Å². The Morgan fingerprint density at radius 2 is 1.73 bits per heavy atom. The van der Waals surface area contributed by atoms with Crippen molar-refractivity contribution in [2.75, 3.05) is 7.05 Å². The lowest BCUT2D eigenvalue weighted by Gasteiger charge is -2.24. The van der Waals surface area contributed by atoms with Gasteiger partial charge in [-0.3, -0.25) is 9.59 Å². The summed E-state index contributed by atoms with van der Waals surface area (Å²) < 4.78 is 13.1. The highest BCUT2D eigenvalue weighted by molar-refractivity contribution is 7.15. The van der Waals surface area contributed by atoms with Gasteiger partial charge in [0.25, 0.3) is 5.97 Å². The molecule has 1 aromatic heterocycles. The van der Waals surface area contributed by atoms with Crippen LogP contribution in [0.5, 0.6) is 0 Å². The smallest absolute Gasteiger partial charge is 0.300 e. The molecule has 0 saturated carbocycles. The highest BCUT2D eigenvalue weighted by Gasteiger charge is 2.38. The minimum absolute atomic E-state index is 0.171. The number of amides is 1. The molecular weight excluding hydrogens is 401 g/mol. The Hall–Kier alpha value is -2.99. The lowest BCUT2D eigenvalue weighted by atomic mass is 9.89. The van der Waals surface area contributed by atoms with Gasteiger partial charge in [0.15, 0.2) is 0 Å². The van der Waals surface area contributed by atoms with Gasteiger partial charge in [0.05, 0.1) is 0 Å². The third-order valence-electron chi connectivity index (χ3n) is 5.18. The summed E-state index contributed by atoms with van der Waals surface area (Å²) >= 11 is 1.72. The van der Waals surface area contributed by atoms with E-state index in [9.17, 15) is 9.18 Å². The van der Waals surface area contributed by atoms with E-state index < -0.39 is 5.97 Å². The van der Waals surface area contributed by atoms with Crippen molar-refractivity contribution in [1.29, 1.82) is 0 Å². The minimum Gasteiger partial charge on any atom is -0.481 e. The van der Waals surface area contributed by atoms with Gasteiger partial charge in [-0.2, -0.15) is 0 Å². The highest BCUT2D eigenvalue weighted by Crippen LogP contribution is 2.37. The normalized spacial score (nSPS) is 18.1. The Morgan fingerprint density at radius 3 is 2.37 bits per heavy atom. The second kappa shape index (κ2) is 9.67. The zero-order valence-corrected chi connectivity index (χ0v) is 17.7. The first-order valence-corrected chi connectivity index (χ1v) is 10.5. The number of halogens is 1. The van der Waals surface area contributed by atoms with Gasteiger partial charge in [-0.15, -0.1) is 11.3 Å². The topological polar surface area (TPSA) is 57.6 Å². The predicted octanol–water partition coefficient (Wildman–Crippen LogP) is 5.20. The summed E-state index contributed by atoms with van der Waals surface area (Å²) in [6, 6.07) is 21.3. The molecule has 156 valence electrons. The fourth-order valence-electron chi connectivity index (χ4n) is 3.71. The maximum absolute atomic E-state index is 13.1. The minimum atomic E-state index is -0.833. The summed E-state index contributed by atoms with van der Waals surface area (Å²) in [5.74, 6) is -0.619. The van der Waals surface area contributed by atoms with E-state index in [2.05, 4.69) is 24.3 Å². The Bertz CT molecular complexity index is 997. The number of rotatable bonds is 4. The monoisotopic (exact) mass is 425 g/mol. The highest BCUT2D eigenvalue weighted by atomic mass is 32.1. The van der Waals surface area contributed by atoms with Crippen molar-refractivity contribution in [3.63, 3.8) is 0 Å². The van der Waals surface area contributed by atoms with Crippen LogP contribution in [-0.4, -0.2) is 35.0 Å². The zero-order valence-electron chi connectivity index (χ0n) is 16.9. The Balaban J connectivity index is 0.000000589. The third kappa shape index (κ3) is 5.33. The van der Waals surface area contributed by atoms with Crippen molar-refractivity contribution < 1.29 is 19.1 Å². The van der Waals surface area contributed by atoms with Crippen LogP contribution in [0.1, 0.15) is 29.7 Å². The SMILES string of the molecule is CC(=O)O.CN1C(=O)CC(c2ccccc2)C1Cc1ccc(-c2ccc(F)cc2)s1. The summed E-state index contributed by atoms with van der Waals surface area (Å²) in [4.78, 5) is 25.6. The number of likely N-dealkylation sites (N-methyl/N-ethyl adjacent to an activating group) is 1. The van der Waals surface area contributed by atoms with E-state index in [1.54, 1.807) is 11.3 Å². The number of carbonyl (C=O) groups is 2. The quantitative estimate of drug-likeness (QED) is 0.625. The van der Waals surface area contributed by atoms with Gasteiger partial charge in [-0.05, 0) is 35.4 Å². The van der Waals surface area contributed by atoms with Crippen molar-refractivity contribution in [2.24, 2.45) is 0 Å². The van der Waals surface area contributed by atoms with Crippen molar-refractivity contribution in [2.45, 2.75) is 31.7 Å². The van der Waals surface area contributed by atoms with Gasteiger partial charge in [-0.25, -0.2) is 4.39 Å². The molecule has 0 bridgehead atoms. The first-order valence-electron chi connectivity index (χ1n) is 9.70. The second-order valence-electron chi connectivity index (χ2n) is 7.29. The number of hydrogen-bond acceptors (Lipinski definition) is 3. The Labute approximate surface area is 179 Å². The van der Waals surface area contributed by atoms with Gasteiger partial charge < -0.3 is 10.0 Å². The summed E-state index contributed by atoms with van der Waals surface area (Å²) in [6.45, 7) is 1.08. The maximum Gasteiger partial charge on any atom is 0.300 e. The summed E-state index contributed by atoms with van der Waals surface area (Å²) in [5.41, 5.74) is 2.25. The van der Waals surface area contributed by atoms with Crippen LogP contribution in [0, 0.1) is 5.82 Å². The predicted molar refractivity (Wildman–Crippen MR) is 117 cm³/mol. The molecule has 0 radical (unpaired) electrons. The number of carbonyl (C=O) groups excluding carboxylic acids is 1. The van der Waals surface area contributed by atoms with Gasteiger partial charge in [0, 0.05) is 48.5 Å². The lowest BCUT2D eigenvalue weighted by Crippen LogP contribution is -2.32. The molecule has 1 aliphatic rings. The van der Waals surface area contributed by atoms with Crippen LogP contribution < -0.4 is 0 Å². The molecule has 4 rings (SSSR count). The standard InChI is InChI=1S/C22H20FNOS.C2H4O2/c1-24-20(19(14-22(24)25)15-5-3-2-4-6-15)13-18-11-12-21(26-18)16-7-9-17(23)10-8-16;1-2(3)4/h2-12,19-20H,13-14H2,1H3;1H3,(H,3,4). The van der Waals surface area contributed by atoms with Crippen LogP contribution in [0.4, 0.5) is 4.39 Å². The second-order valence-corrected chi connectivity index (χ2v) is 8.46. The fraction of sp³-hybridized carbons (Fsp3) is 0.250. The van der Waals surface area contributed by atoms with E-state index in [0.29, 0.717) is 6.42 Å². The van der Waals surface area contributed by atoms with Crippen molar-refractivity contribution in [3.8, 4) is 10.4 Å². The van der Waals surface area contributed by atoms with Crippen LogP contribution in [0.15, 0.2) is 66.7 Å². The van der Waals surface area contributed by atoms with Gasteiger partial charge in [-0.1, -0.05) is 42.5 Å². The molecule has 30 heavy (non-hydrogen) atoms. The van der Waals surface area contributed by atoms with E-state index in [1.807, 2.05) is 42.3 Å². The number of hydrogen-bond donors (Lipinski definition) is 1. The van der Waals surface area contributed by atoms with E-state index in [-0.39, 0.29) is 23.7 Å². The van der Waals surface area contributed by atoms with Gasteiger partial charge >= 0.3 is 0 Å². The van der Waals surface area contributed by atoms with Crippen LogP contribution in [0.2, 0.25) is 0 Å². The zero-order chi connectivity index (χ0) is 21.7. The van der Waals surface area contributed by atoms with Crippen LogP contribution in [0.3, 0.4) is 0 Å². The first kappa shape index (κ1) is 21.7. The number of benzene rings is 2. The molecule has 1 amide bonds. The average molecular weight is 426 g/mol. The summed E-state index contributed by atoms with van der Waals surface area (Å²) in [7, 11) is 1.91. The third-order valence-corrected chi connectivity index (χ3v) is 6.33. The average Bonchev–Trinajstić information content (AvgIpc) is 3.29. The number of nitrogens with zero attached hydrogens (tertiary/aromatic N) is 1. The molecule has 0 spiro atoms. The molecule has 1 fully saturated rings. The molecular formula is C24H24FNO3S. The maximum atomic E-state index is 13.1. The van der Waals surface area contributed by atoms with Crippen LogP contribution in [0.25, 0.3) is 10.4 Å². The molecule has 2 aromatic carbocycles. The van der Waals surface area contributed by atoms with Crippen LogP contribution >= 0.6 is 11.3 Å². The van der Waals surface area contributed by atoms with E-state index >= 15 is 0 Å². The first-order chi connectivity index (χ1) is 14.3. The number of carboxylic acid groups (broad SMARTS) is 1. The van der Waals surface area contributed by atoms with Gasteiger partial charge in [0.1, 0.15) is 5.82 Å². The number of carboxylic acids is 1. The van der Waals surface area contributed by atoms with Crippen molar-refractivity contribution in [1.82, 2.24) is 4.90 Å². The molecule has 2 atom stereocenters. The molecule has 2 heterocycles. The van der Waals surface area contributed by atoms with Gasteiger partial charge in [0.2, 0.25) is 5.91 Å².